The SMILES string of the molecule is O=C(Nc1ccc(F)cc1)N1CCC(O)(c2cccnc2)CC1. The highest BCUT2D eigenvalue weighted by Crippen LogP contribution is 2.32. The van der Waals surface area contributed by atoms with Gasteiger partial charge in [-0.05, 0) is 43.2 Å². The van der Waals surface area contributed by atoms with E-state index in [9.17, 15) is 14.3 Å². The molecule has 1 saturated heterocycles. The lowest BCUT2D eigenvalue weighted by molar-refractivity contribution is -0.0159. The highest BCUT2D eigenvalue weighted by atomic mass is 19.1. The summed E-state index contributed by atoms with van der Waals surface area (Å²) in [6, 6.07) is 9.03. The van der Waals surface area contributed by atoms with Crippen LogP contribution in [0.4, 0.5) is 14.9 Å². The van der Waals surface area contributed by atoms with Crippen molar-refractivity contribution in [2.45, 2.75) is 18.4 Å². The van der Waals surface area contributed by atoms with Crippen molar-refractivity contribution in [1.82, 2.24) is 9.88 Å². The number of halogens is 1. The molecule has 1 fully saturated rings. The number of hydrogen-bond donors (Lipinski definition) is 2. The molecule has 1 aromatic carbocycles. The lowest BCUT2D eigenvalue weighted by Gasteiger charge is -2.38. The van der Waals surface area contributed by atoms with Crippen LogP contribution in [0.3, 0.4) is 0 Å². The molecule has 2 N–H and O–H groups in total. The summed E-state index contributed by atoms with van der Waals surface area (Å²) >= 11 is 0. The van der Waals surface area contributed by atoms with Gasteiger partial charge in [-0.1, -0.05) is 6.07 Å². The first-order valence-electron chi connectivity index (χ1n) is 7.51. The molecule has 1 aliphatic heterocycles. The lowest BCUT2D eigenvalue weighted by atomic mass is 9.85. The fourth-order valence-electron chi connectivity index (χ4n) is 2.74. The number of nitrogens with zero attached hydrogens (tertiary/aromatic N) is 2. The molecule has 0 bridgehead atoms. The van der Waals surface area contributed by atoms with Crippen LogP contribution in [0.15, 0.2) is 48.8 Å². The number of likely N-dealkylation sites (tertiary alicyclic amines) is 1. The normalized spacial score (nSPS) is 16.9. The van der Waals surface area contributed by atoms with Gasteiger partial charge in [-0.15, -0.1) is 0 Å². The highest BCUT2D eigenvalue weighted by molar-refractivity contribution is 5.89. The van der Waals surface area contributed by atoms with E-state index in [4.69, 9.17) is 0 Å². The van der Waals surface area contributed by atoms with Gasteiger partial charge in [0.15, 0.2) is 0 Å². The monoisotopic (exact) mass is 315 g/mol. The predicted molar refractivity (Wildman–Crippen MR) is 84.4 cm³/mol. The van der Waals surface area contributed by atoms with Crippen molar-refractivity contribution in [3.63, 3.8) is 0 Å². The average molecular weight is 315 g/mol. The summed E-state index contributed by atoms with van der Waals surface area (Å²) in [5, 5.41) is 13.5. The molecule has 0 saturated carbocycles. The third kappa shape index (κ3) is 3.48. The molecule has 6 heteroatoms. The third-order valence-corrected chi connectivity index (χ3v) is 4.17. The second-order valence-electron chi connectivity index (χ2n) is 5.70. The number of carbonyl (C=O) groups is 1. The van der Waals surface area contributed by atoms with Crippen molar-refractivity contribution in [3.05, 3.63) is 60.2 Å². The summed E-state index contributed by atoms with van der Waals surface area (Å²) in [6.45, 7) is 0.886. The fourth-order valence-corrected chi connectivity index (χ4v) is 2.74. The second-order valence-corrected chi connectivity index (χ2v) is 5.70. The minimum Gasteiger partial charge on any atom is -0.385 e. The van der Waals surface area contributed by atoms with Crippen LogP contribution in [0.2, 0.25) is 0 Å². The smallest absolute Gasteiger partial charge is 0.321 e. The van der Waals surface area contributed by atoms with E-state index >= 15 is 0 Å². The maximum absolute atomic E-state index is 12.9. The van der Waals surface area contributed by atoms with Crippen molar-refractivity contribution in [2.24, 2.45) is 0 Å². The number of aliphatic hydroxyl groups is 1. The Labute approximate surface area is 133 Å². The molecule has 120 valence electrons. The van der Waals surface area contributed by atoms with Crippen LogP contribution < -0.4 is 5.32 Å². The number of anilines is 1. The standard InChI is InChI=1S/C17H18FN3O2/c18-14-3-5-15(6-4-14)20-16(22)21-10-7-17(23,8-11-21)13-2-1-9-19-12-13/h1-6,9,12,23H,7-8,10-11H2,(H,20,22). The number of rotatable bonds is 2. The van der Waals surface area contributed by atoms with Crippen LogP contribution in [0, 0.1) is 5.82 Å². The van der Waals surface area contributed by atoms with Gasteiger partial charge in [0.05, 0.1) is 5.60 Å². The quantitative estimate of drug-likeness (QED) is 0.895. The Balaban J connectivity index is 1.60. The zero-order chi connectivity index (χ0) is 16.3. The van der Waals surface area contributed by atoms with Crippen molar-refractivity contribution >= 4 is 11.7 Å². The van der Waals surface area contributed by atoms with Gasteiger partial charge in [0, 0.05) is 36.7 Å². The van der Waals surface area contributed by atoms with E-state index in [1.54, 1.807) is 23.4 Å². The van der Waals surface area contributed by atoms with Crippen LogP contribution in [-0.2, 0) is 5.60 Å². The van der Waals surface area contributed by atoms with E-state index in [1.165, 1.54) is 24.3 Å². The average Bonchev–Trinajstić information content (AvgIpc) is 2.58. The van der Waals surface area contributed by atoms with Gasteiger partial charge in [-0.2, -0.15) is 0 Å². The molecule has 2 amide bonds. The van der Waals surface area contributed by atoms with Crippen LogP contribution in [0.1, 0.15) is 18.4 Å². The summed E-state index contributed by atoms with van der Waals surface area (Å²) < 4.78 is 12.9. The summed E-state index contributed by atoms with van der Waals surface area (Å²) in [4.78, 5) is 17.9. The van der Waals surface area contributed by atoms with Gasteiger partial charge in [0.2, 0.25) is 0 Å². The maximum Gasteiger partial charge on any atom is 0.321 e. The number of urea groups is 1. The van der Waals surface area contributed by atoms with E-state index in [1.807, 2.05) is 6.07 Å². The number of benzene rings is 1. The number of piperidine rings is 1. The van der Waals surface area contributed by atoms with Gasteiger partial charge >= 0.3 is 6.03 Å². The molecule has 3 rings (SSSR count). The third-order valence-electron chi connectivity index (χ3n) is 4.17. The van der Waals surface area contributed by atoms with Gasteiger partial charge < -0.3 is 15.3 Å². The molecule has 0 spiro atoms. The summed E-state index contributed by atoms with van der Waals surface area (Å²) in [6.07, 6.45) is 4.23. The Morgan fingerprint density at radius 2 is 1.91 bits per heavy atom. The van der Waals surface area contributed by atoms with Crippen LogP contribution >= 0.6 is 0 Å². The molecule has 2 aromatic rings. The van der Waals surface area contributed by atoms with Crippen LogP contribution in [0.25, 0.3) is 0 Å². The molecule has 1 aromatic heterocycles. The number of pyridine rings is 1. The van der Waals surface area contributed by atoms with Crippen LogP contribution in [0.5, 0.6) is 0 Å². The lowest BCUT2D eigenvalue weighted by Crippen LogP contribution is -2.46. The van der Waals surface area contributed by atoms with Crippen LogP contribution in [-0.4, -0.2) is 34.1 Å². The minimum absolute atomic E-state index is 0.246. The van der Waals surface area contributed by atoms with E-state index in [0.717, 1.165) is 5.56 Å². The number of nitrogens with one attached hydrogen (secondary N) is 1. The fraction of sp³-hybridized carbons (Fsp3) is 0.294. The topological polar surface area (TPSA) is 65.5 Å². The predicted octanol–water partition coefficient (Wildman–Crippen LogP) is 2.74. The maximum atomic E-state index is 12.9. The number of amides is 2. The van der Waals surface area contributed by atoms with Gasteiger partial charge in [0.1, 0.15) is 5.82 Å². The zero-order valence-electron chi connectivity index (χ0n) is 12.6. The molecule has 0 radical (unpaired) electrons. The van der Waals surface area contributed by atoms with E-state index < -0.39 is 5.60 Å². The van der Waals surface area contributed by atoms with E-state index in [2.05, 4.69) is 10.3 Å². The Kier molecular flexibility index (Phi) is 4.25. The molecule has 2 heterocycles. The van der Waals surface area contributed by atoms with Crippen molar-refractivity contribution in [3.8, 4) is 0 Å². The first-order valence-corrected chi connectivity index (χ1v) is 7.51. The van der Waals surface area contributed by atoms with Crippen molar-refractivity contribution in [1.29, 1.82) is 0 Å². The van der Waals surface area contributed by atoms with Gasteiger partial charge in [0.25, 0.3) is 0 Å². The molecule has 1 aliphatic rings. The number of carbonyl (C=O) groups excluding carboxylic acids is 1. The molecular weight excluding hydrogens is 297 g/mol. The largest absolute Gasteiger partial charge is 0.385 e. The molecule has 0 unspecified atom stereocenters. The van der Waals surface area contributed by atoms with Crippen molar-refractivity contribution in [2.75, 3.05) is 18.4 Å². The summed E-state index contributed by atoms with van der Waals surface area (Å²) in [7, 11) is 0. The van der Waals surface area contributed by atoms with E-state index in [-0.39, 0.29) is 11.8 Å². The summed E-state index contributed by atoms with van der Waals surface area (Å²) in [5.74, 6) is -0.345. The Hall–Kier alpha value is -2.47. The Morgan fingerprint density at radius 1 is 1.22 bits per heavy atom. The molecular formula is C17H18FN3O2. The van der Waals surface area contributed by atoms with Crippen molar-refractivity contribution < 1.29 is 14.3 Å². The second kappa shape index (κ2) is 6.34. The van der Waals surface area contributed by atoms with E-state index in [0.29, 0.717) is 31.6 Å². The number of aromatic nitrogens is 1. The molecule has 23 heavy (non-hydrogen) atoms. The highest BCUT2D eigenvalue weighted by Gasteiger charge is 2.35. The summed E-state index contributed by atoms with van der Waals surface area (Å²) in [5.41, 5.74) is 0.379. The molecule has 0 aliphatic carbocycles. The first kappa shape index (κ1) is 15.4. The first-order chi connectivity index (χ1) is 11.1. The Morgan fingerprint density at radius 3 is 2.52 bits per heavy atom. The Bertz CT molecular complexity index is 668. The number of hydrogen-bond acceptors (Lipinski definition) is 3. The molecule has 5 nitrogen and oxygen atoms in total. The molecule has 0 atom stereocenters. The van der Waals surface area contributed by atoms with Gasteiger partial charge in [-0.3, -0.25) is 4.98 Å². The zero-order valence-corrected chi connectivity index (χ0v) is 12.6. The van der Waals surface area contributed by atoms with Gasteiger partial charge in [-0.25, -0.2) is 9.18 Å². The minimum atomic E-state index is -0.944.